The minimum Gasteiger partial charge on any atom is -0.497 e. The molecule has 0 aliphatic carbocycles. The van der Waals surface area contributed by atoms with Gasteiger partial charge in [-0.05, 0) is 58.4 Å². The number of carbonyl (C=O) groups excluding carboxylic acids is 1. The first-order valence-corrected chi connectivity index (χ1v) is 8.49. The summed E-state index contributed by atoms with van der Waals surface area (Å²) in [5.41, 5.74) is 1.73. The Balaban J connectivity index is 1.63. The van der Waals surface area contributed by atoms with Gasteiger partial charge in [-0.2, -0.15) is 5.10 Å². The van der Waals surface area contributed by atoms with Gasteiger partial charge in [0.15, 0.2) is 0 Å². The predicted molar refractivity (Wildman–Crippen MR) is 93.3 cm³/mol. The lowest BCUT2D eigenvalue weighted by atomic mass is 10.3. The van der Waals surface area contributed by atoms with Crippen LogP contribution in [0.3, 0.4) is 0 Å². The van der Waals surface area contributed by atoms with Gasteiger partial charge in [0.05, 0.1) is 33.7 Å². The first-order valence-electron chi connectivity index (χ1n) is 6.88. The van der Waals surface area contributed by atoms with E-state index in [0.29, 0.717) is 11.4 Å². The van der Waals surface area contributed by atoms with Crippen LogP contribution in [0.25, 0.3) is 5.69 Å². The summed E-state index contributed by atoms with van der Waals surface area (Å²) in [7, 11) is 1.63. The Morgan fingerprint density at radius 2 is 2.04 bits per heavy atom. The molecule has 23 heavy (non-hydrogen) atoms. The van der Waals surface area contributed by atoms with Gasteiger partial charge in [-0.3, -0.25) is 4.79 Å². The molecule has 1 aromatic carbocycles. The Hall–Kier alpha value is -2.12. The average Bonchev–Trinajstić information content (AvgIpc) is 3.22. The summed E-state index contributed by atoms with van der Waals surface area (Å²) in [6.45, 7) is 0.386. The van der Waals surface area contributed by atoms with E-state index in [1.54, 1.807) is 17.9 Å². The van der Waals surface area contributed by atoms with Gasteiger partial charge < -0.3 is 10.1 Å². The topological polar surface area (TPSA) is 56.1 Å². The van der Waals surface area contributed by atoms with Crippen LogP contribution in [0.1, 0.15) is 15.4 Å². The number of benzene rings is 1. The van der Waals surface area contributed by atoms with Crippen LogP contribution in [0, 0.1) is 0 Å². The molecule has 0 fully saturated rings. The SMILES string of the molecule is COc1ccc(-n2ccc(CNC(=O)c3ccc(Br)s3)n2)cc1. The molecule has 0 atom stereocenters. The van der Waals surface area contributed by atoms with E-state index in [4.69, 9.17) is 4.74 Å². The van der Waals surface area contributed by atoms with Crippen molar-refractivity contribution < 1.29 is 9.53 Å². The Morgan fingerprint density at radius 3 is 2.70 bits per heavy atom. The monoisotopic (exact) mass is 391 g/mol. The van der Waals surface area contributed by atoms with Crippen molar-refractivity contribution in [2.75, 3.05) is 7.11 Å². The number of hydrogen-bond acceptors (Lipinski definition) is 4. The minimum atomic E-state index is -0.0975. The molecule has 1 amide bonds. The van der Waals surface area contributed by atoms with Crippen molar-refractivity contribution in [3.63, 3.8) is 0 Å². The third-order valence-electron chi connectivity index (χ3n) is 3.21. The first kappa shape index (κ1) is 15.8. The second-order valence-corrected chi connectivity index (χ2v) is 7.20. The van der Waals surface area contributed by atoms with Crippen LogP contribution in [-0.2, 0) is 6.54 Å². The summed E-state index contributed by atoms with van der Waals surface area (Å²) in [5.74, 6) is 0.704. The fourth-order valence-corrected chi connectivity index (χ4v) is 3.33. The van der Waals surface area contributed by atoms with Crippen molar-refractivity contribution in [1.29, 1.82) is 0 Å². The third-order valence-corrected chi connectivity index (χ3v) is 4.83. The molecule has 0 saturated carbocycles. The van der Waals surface area contributed by atoms with Crippen molar-refractivity contribution in [3.05, 3.63) is 63.0 Å². The number of carbonyl (C=O) groups is 1. The third kappa shape index (κ3) is 3.80. The fraction of sp³-hybridized carbons (Fsp3) is 0.125. The van der Waals surface area contributed by atoms with E-state index in [1.807, 2.05) is 42.6 Å². The van der Waals surface area contributed by atoms with E-state index >= 15 is 0 Å². The number of halogens is 1. The zero-order chi connectivity index (χ0) is 16.2. The largest absolute Gasteiger partial charge is 0.497 e. The number of ether oxygens (including phenoxy) is 1. The van der Waals surface area contributed by atoms with Gasteiger partial charge in [0.25, 0.3) is 5.91 Å². The van der Waals surface area contributed by atoms with Gasteiger partial charge in [0.2, 0.25) is 0 Å². The summed E-state index contributed by atoms with van der Waals surface area (Å²) in [4.78, 5) is 12.7. The van der Waals surface area contributed by atoms with Crippen molar-refractivity contribution in [3.8, 4) is 11.4 Å². The van der Waals surface area contributed by atoms with Gasteiger partial charge in [0.1, 0.15) is 5.75 Å². The molecule has 0 aliphatic rings. The molecule has 0 bridgehead atoms. The fourth-order valence-electron chi connectivity index (χ4n) is 2.03. The minimum absolute atomic E-state index is 0.0975. The number of thiophene rings is 1. The van der Waals surface area contributed by atoms with Gasteiger partial charge in [-0.15, -0.1) is 11.3 Å². The number of nitrogens with one attached hydrogen (secondary N) is 1. The van der Waals surface area contributed by atoms with Gasteiger partial charge in [-0.25, -0.2) is 4.68 Å². The summed E-state index contributed by atoms with van der Waals surface area (Å²) in [6, 6.07) is 13.2. The Labute approximate surface area is 146 Å². The van der Waals surface area contributed by atoms with E-state index in [2.05, 4.69) is 26.3 Å². The van der Waals surface area contributed by atoms with E-state index in [-0.39, 0.29) is 5.91 Å². The highest BCUT2D eigenvalue weighted by Gasteiger charge is 2.09. The smallest absolute Gasteiger partial charge is 0.261 e. The maximum Gasteiger partial charge on any atom is 0.261 e. The Bertz CT molecular complexity index is 811. The highest BCUT2D eigenvalue weighted by Crippen LogP contribution is 2.22. The van der Waals surface area contributed by atoms with Crippen molar-refractivity contribution >= 4 is 33.2 Å². The number of aromatic nitrogens is 2. The van der Waals surface area contributed by atoms with E-state index in [9.17, 15) is 4.79 Å². The molecule has 0 radical (unpaired) electrons. The molecular formula is C16H14BrN3O2S. The zero-order valence-corrected chi connectivity index (χ0v) is 14.7. The van der Waals surface area contributed by atoms with Gasteiger partial charge in [0, 0.05) is 6.20 Å². The second-order valence-electron chi connectivity index (χ2n) is 4.74. The van der Waals surface area contributed by atoms with Crippen LogP contribution >= 0.6 is 27.3 Å². The van der Waals surface area contributed by atoms with Crippen LogP contribution < -0.4 is 10.1 Å². The quantitative estimate of drug-likeness (QED) is 0.722. The first-order chi connectivity index (χ1) is 11.2. The highest BCUT2D eigenvalue weighted by molar-refractivity contribution is 9.11. The summed E-state index contributed by atoms with van der Waals surface area (Å²) >= 11 is 4.75. The van der Waals surface area contributed by atoms with Crippen LogP contribution in [-0.4, -0.2) is 22.8 Å². The Morgan fingerprint density at radius 1 is 1.26 bits per heavy atom. The van der Waals surface area contributed by atoms with Crippen LogP contribution in [0.2, 0.25) is 0 Å². The number of hydrogen-bond donors (Lipinski definition) is 1. The summed E-state index contributed by atoms with van der Waals surface area (Å²) < 4.78 is 7.84. The molecule has 3 rings (SSSR count). The lowest BCUT2D eigenvalue weighted by Gasteiger charge is -2.04. The molecule has 5 nitrogen and oxygen atoms in total. The molecule has 3 aromatic rings. The lowest BCUT2D eigenvalue weighted by Crippen LogP contribution is -2.22. The normalized spacial score (nSPS) is 10.5. The van der Waals surface area contributed by atoms with Crippen LogP contribution in [0.4, 0.5) is 0 Å². The molecule has 2 heterocycles. The number of amides is 1. The predicted octanol–water partition coefficient (Wildman–Crippen LogP) is 3.63. The van der Waals surface area contributed by atoms with Crippen molar-refractivity contribution in [2.24, 2.45) is 0 Å². The molecule has 0 unspecified atom stereocenters. The average molecular weight is 392 g/mol. The highest BCUT2D eigenvalue weighted by atomic mass is 79.9. The van der Waals surface area contributed by atoms with E-state index in [0.717, 1.165) is 20.9 Å². The maximum absolute atomic E-state index is 12.0. The standard InChI is InChI=1S/C16H14BrN3O2S/c1-22-13-4-2-12(3-5-13)20-9-8-11(19-20)10-18-16(21)14-6-7-15(17)23-14/h2-9H,10H2,1H3,(H,18,21). The zero-order valence-electron chi connectivity index (χ0n) is 12.3. The van der Waals surface area contributed by atoms with Crippen LogP contribution in [0.5, 0.6) is 5.75 Å². The molecule has 118 valence electrons. The number of rotatable bonds is 5. The van der Waals surface area contributed by atoms with Gasteiger partial charge in [-0.1, -0.05) is 0 Å². The van der Waals surface area contributed by atoms with Gasteiger partial charge >= 0.3 is 0 Å². The summed E-state index contributed by atoms with van der Waals surface area (Å²) in [6.07, 6.45) is 1.87. The molecule has 1 N–H and O–H groups in total. The number of methoxy groups -OCH3 is 1. The Kier molecular flexibility index (Phi) is 4.78. The lowest BCUT2D eigenvalue weighted by molar-refractivity contribution is 0.0954. The second kappa shape index (κ2) is 6.97. The van der Waals surface area contributed by atoms with E-state index < -0.39 is 0 Å². The number of nitrogens with zero attached hydrogens (tertiary/aromatic N) is 2. The van der Waals surface area contributed by atoms with E-state index in [1.165, 1.54) is 11.3 Å². The summed E-state index contributed by atoms with van der Waals surface area (Å²) in [5, 5.41) is 7.33. The van der Waals surface area contributed by atoms with Crippen molar-refractivity contribution in [1.82, 2.24) is 15.1 Å². The molecule has 0 aliphatic heterocycles. The molecule has 7 heteroatoms. The molecule has 0 saturated heterocycles. The maximum atomic E-state index is 12.0. The van der Waals surface area contributed by atoms with Crippen molar-refractivity contribution in [2.45, 2.75) is 6.54 Å². The van der Waals surface area contributed by atoms with Crippen LogP contribution in [0.15, 0.2) is 52.4 Å². The molecular weight excluding hydrogens is 378 g/mol. The molecule has 0 spiro atoms. The molecule has 2 aromatic heterocycles.